The first-order valence-electron chi connectivity index (χ1n) is 9.34. The SMILES string of the molecule is Br.Br.c1ncc(CCCSC(=NC2CCCC2)NC2CCCCC2)[nH]1. The smallest absolute Gasteiger partial charge is 0.157 e. The summed E-state index contributed by atoms with van der Waals surface area (Å²) in [5.74, 6) is 1.13. The Morgan fingerprint density at radius 1 is 1.12 bits per heavy atom. The van der Waals surface area contributed by atoms with Gasteiger partial charge < -0.3 is 10.3 Å². The number of aromatic amines is 1. The number of thioether (sulfide) groups is 1. The standard InChI is InChI=1S/C18H30N4S.2BrH/c1-2-7-15(8-3-1)21-18(22-16-9-4-5-10-16)23-12-6-11-17-13-19-14-20-17;;/h13-16H,1-12H2,(H,19,20)(H,21,22);2*1H. The zero-order valence-corrected chi connectivity index (χ0v) is 19.2. The van der Waals surface area contributed by atoms with Crippen LogP contribution >= 0.6 is 45.7 Å². The first-order valence-corrected chi connectivity index (χ1v) is 10.3. The van der Waals surface area contributed by atoms with E-state index in [1.165, 1.54) is 75.1 Å². The molecule has 0 unspecified atom stereocenters. The highest BCUT2D eigenvalue weighted by Gasteiger charge is 2.18. The van der Waals surface area contributed by atoms with Gasteiger partial charge in [0.1, 0.15) is 0 Å². The number of rotatable bonds is 6. The molecule has 0 amide bonds. The van der Waals surface area contributed by atoms with Crippen LogP contribution in [0, 0.1) is 0 Å². The molecule has 4 nitrogen and oxygen atoms in total. The number of halogens is 2. The van der Waals surface area contributed by atoms with Gasteiger partial charge in [-0.3, -0.25) is 4.99 Å². The van der Waals surface area contributed by atoms with Crippen LogP contribution in [0.15, 0.2) is 17.5 Å². The van der Waals surface area contributed by atoms with Gasteiger partial charge in [0.25, 0.3) is 0 Å². The number of aromatic nitrogens is 2. The zero-order chi connectivity index (χ0) is 15.7. The second kappa shape index (κ2) is 13.2. The van der Waals surface area contributed by atoms with Crippen molar-refractivity contribution in [1.82, 2.24) is 15.3 Å². The van der Waals surface area contributed by atoms with Crippen molar-refractivity contribution in [3.63, 3.8) is 0 Å². The lowest BCUT2D eigenvalue weighted by Gasteiger charge is -2.25. The van der Waals surface area contributed by atoms with Crippen LogP contribution in [0.1, 0.15) is 69.9 Å². The number of hydrogen-bond donors (Lipinski definition) is 2. The van der Waals surface area contributed by atoms with Gasteiger partial charge in [0.05, 0.1) is 12.4 Å². The molecule has 0 radical (unpaired) electrons. The summed E-state index contributed by atoms with van der Waals surface area (Å²) in [5.41, 5.74) is 1.24. The normalized spacial score (nSPS) is 19.3. The summed E-state index contributed by atoms with van der Waals surface area (Å²) >= 11 is 1.93. The molecule has 2 N–H and O–H groups in total. The van der Waals surface area contributed by atoms with Crippen LogP contribution in [-0.2, 0) is 6.42 Å². The van der Waals surface area contributed by atoms with Gasteiger partial charge in [0.15, 0.2) is 5.17 Å². The van der Waals surface area contributed by atoms with E-state index in [0.29, 0.717) is 12.1 Å². The van der Waals surface area contributed by atoms with Crippen LogP contribution in [0.2, 0.25) is 0 Å². The average molecular weight is 496 g/mol. The predicted octanol–water partition coefficient (Wildman–Crippen LogP) is 5.45. The molecule has 144 valence electrons. The Morgan fingerprint density at radius 2 is 1.84 bits per heavy atom. The van der Waals surface area contributed by atoms with Gasteiger partial charge in [-0.2, -0.15) is 0 Å². The van der Waals surface area contributed by atoms with Crippen molar-refractivity contribution in [2.45, 2.75) is 82.7 Å². The molecule has 25 heavy (non-hydrogen) atoms. The van der Waals surface area contributed by atoms with E-state index in [9.17, 15) is 0 Å². The molecule has 2 saturated carbocycles. The highest BCUT2D eigenvalue weighted by molar-refractivity contribution is 8.93. The van der Waals surface area contributed by atoms with Crippen LogP contribution < -0.4 is 5.32 Å². The minimum Gasteiger partial charge on any atom is -0.362 e. The van der Waals surface area contributed by atoms with Gasteiger partial charge in [0.2, 0.25) is 0 Å². The van der Waals surface area contributed by atoms with E-state index in [2.05, 4.69) is 15.3 Å². The van der Waals surface area contributed by atoms with Crippen molar-refractivity contribution in [2.24, 2.45) is 4.99 Å². The fourth-order valence-electron chi connectivity index (χ4n) is 3.59. The number of H-pyrrole nitrogens is 1. The molecule has 3 rings (SSSR count). The summed E-state index contributed by atoms with van der Waals surface area (Å²) in [6.45, 7) is 0. The van der Waals surface area contributed by atoms with Gasteiger partial charge >= 0.3 is 0 Å². The fourth-order valence-corrected chi connectivity index (χ4v) is 4.55. The highest BCUT2D eigenvalue weighted by Crippen LogP contribution is 2.24. The van der Waals surface area contributed by atoms with Crippen molar-refractivity contribution in [3.05, 3.63) is 18.2 Å². The molecule has 1 heterocycles. The predicted molar refractivity (Wildman–Crippen MR) is 120 cm³/mol. The van der Waals surface area contributed by atoms with Gasteiger partial charge in [-0.05, 0) is 38.5 Å². The van der Waals surface area contributed by atoms with E-state index in [-0.39, 0.29) is 34.0 Å². The number of amidine groups is 1. The Balaban J connectivity index is 0.00000156. The molecule has 7 heteroatoms. The highest BCUT2D eigenvalue weighted by atomic mass is 79.9. The quantitative estimate of drug-likeness (QED) is 0.313. The lowest BCUT2D eigenvalue weighted by atomic mass is 9.96. The van der Waals surface area contributed by atoms with Crippen molar-refractivity contribution in [2.75, 3.05) is 5.75 Å². The van der Waals surface area contributed by atoms with Crippen molar-refractivity contribution < 1.29 is 0 Å². The lowest BCUT2D eigenvalue weighted by molar-refractivity contribution is 0.414. The Hall–Kier alpha value is -0.0100. The summed E-state index contributed by atoms with van der Waals surface area (Å²) in [5, 5.41) is 4.99. The molecule has 2 fully saturated rings. The third-order valence-electron chi connectivity index (χ3n) is 4.94. The van der Waals surface area contributed by atoms with Crippen LogP contribution in [-0.4, -0.2) is 33.0 Å². The third kappa shape index (κ3) is 8.48. The van der Waals surface area contributed by atoms with Crippen molar-refractivity contribution in [1.29, 1.82) is 0 Å². The van der Waals surface area contributed by atoms with Gasteiger partial charge in [-0.1, -0.05) is 43.9 Å². The summed E-state index contributed by atoms with van der Waals surface area (Å²) < 4.78 is 0. The van der Waals surface area contributed by atoms with Gasteiger partial charge in [-0.25, -0.2) is 4.98 Å². The molecule has 2 aliphatic carbocycles. The number of hydrogen-bond acceptors (Lipinski definition) is 3. The average Bonchev–Trinajstić information content (AvgIpc) is 3.26. The Kier molecular flexibility index (Phi) is 12.2. The topological polar surface area (TPSA) is 53.1 Å². The van der Waals surface area contributed by atoms with E-state index in [1.54, 1.807) is 6.33 Å². The zero-order valence-electron chi connectivity index (χ0n) is 14.9. The molecule has 1 aromatic rings. The number of nitrogens with one attached hydrogen (secondary N) is 2. The van der Waals surface area contributed by atoms with Crippen LogP contribution in [0.25, 0.3) is 0 Å². The minimum absolute atomic E-state index is 0. The van der Waals surface area contributed by atoms with E-state index in [0.717, 1.165) is 12.2 Å². The Labute approximate surface area is 177 Å². The molecule has 0 aromatic carbocycles. The van der Waals surface area contributed by atoms with Crippen LogP contribution in [0.5, 0.6) is 0 Å². The number of aliphatic imine (C=N–C) groups is 1. The first-order chi connectivity index (χ1) is 11.4. The molecule has 0 spiro atoms. The molecule has 0 bridgehead atoms. The third-order valence-corrected chi connectivity index (χ3v) is 5.93. The number of imidazole rings is 1. The van der Waals surface area contributed by atoms with E-state index in [4.69, 9.17) is 4.99 Å². The fraction of sp³-hybridized carbons (Fsp3) is 0.778. The van der Waals surface area contributed by atoms with Crippen LogP contribution in [0.4, 0.5) is 0 Å². The maximum absolute atomic E-state index is 5.05. The van der Waals surface area contributed by atoms with Gasteiger partial charge in [0, 0.05) is 23.7 Å². The molecule has 0 saturated heterocycles. The second-order valence-electron chi connectivity index (χ2n) is 6.88. The van der Waals surface area contributed by atoms with Crippen LogP contribution in [0.3, 0.4) is 0 Å². The number of aryl methyl sites for hydroxylation is 1. The Morgan fingerprint density at radius 3 is 2.52 bits per heavy atom. The van der Waals surface area contributed by atoms with E-state index >= 15 is 0 Å². The number of nitrogens with zero attached hydrogens (tertiary/aromatic N) is 2. The maximum atomic E-state index is 5.05. The molecule has 1 aromatic heterocycles. The summed E-state index contributed by atoms with van der Waals surface area (Å²) in [4.78, 5) is 12.3. The largest absolute Gasteiger partial charge is 0.362 e. The Bertz CT molecular complexity index is 469. The summed E-state index contributed by atoms with van der Waals surface area (Å²) in [7, 11) is 0. The van der Waals surface area contributed by atoms with Crippen molar-refractivity contribution >= 4 is 50.9 Å². The monoisotopic (exact) mass is 494 g/mol. The van der Waals surface area contributed by atoms with E-state index < -0.39 is 0 Å². The maximum Gasteiger partial charge on any atom is 0.157 e. The summed E-state index contributed by atoms with van der Waals surface area (Å²) in [6.07, 6.45) is 18.0. The lowest BCUT2D eigenvalue weighted by Crippen LogP contribution is -2.35. The first kappa shape index (κ1) is 23.0. The summed E-state index contributed by atoms with van der Waals surface area (Å²) in [6, 6.07) is 1.23. The molecule has 0 atom stereocenters. The van der Waals surface area contributed by atoms with E-state index in [1.807, 2.05) is 18.0 Å². The van der Waals surface area contributed by atoms with Gasteiger partial charge in [-0.15, -0.1) is 34.0 Å². The molecule has 2 aliphatic rings. The molecular formula is C18H32Br2N4S. The molecule has 0 aliphatic heterocycles. The van der Waals surface area contributed by atoms with Crippen molar-refractivity contribution in [3.8, 4) is 0 Å². The second-order valence-corrected chi connectivity index (χ2v) is 7.96. The molecular weight excluding hydrogens is 464 g/mol. The minimum atomic E-state index is 0.